The number of aliphatic hydroxyl groups excluding tert-OH is 1. The molecule has 4 aliphatic carbocycles. The molecule has 0 amide bonds. The van der Waals surface area contributed by atoms with Crippen LogP contribution in [0.5, 0.6) is 0 Å². The molecule has 0 aromatic rings. The quantitative estimate of drug-likeness (QED) is 0.568. The Morgan fingerprint density at radius 1 is 0.931 bits per heavy atom. The van der Waals surface area contributed by atoms with Gasteiger partial charge in [0.25, 0.3) is 0 Å². The molecule has 0 aromatic carbocycles. The van der Waals surface area contributed by atoms with Crippen LogP contribution in [-0.4, -0.2) is 35.9 Å². The Bertz CT molecular complexity index is 746. The topological polar surface area (TPSA) is 72.8 Å². The average molecular weight is 405 g/mol. The monoisotopic (exact) mass is 404 g/mol. The summed E-state index contributed by atoms with van der Waals surface area (Å²) in [6, 6.07) is 0. The second-order valence-corrected chi connectivity index (χ2v) is 10.9. The summed E-state index contributed by atoms with van der Waals surface area (Å²) >= 11 is 0. The largest absolute Gasteiger partial charge is 0.462 e. The molecule has 162 valence electrons. The van der Waals surface area contributed by atoms with E-state index >= 15 is 0 Å². The molecule has 4 aliphatic rings. The molecule has 0 radical (unpaired) electrons. The summed E-state index contributed by atoms with van der Waals surface area (Å²) < 4.78 is 11.7. The first-order valence-electron chi connectivity index (χ1n) is 11.2. The molecule has 1 N–H and O–H groups in total. The minimum atomic E-state index is -0.444. The molecule has 0 heterocycles. The Morgan fingerprint density at radius 3 is 2.21 bits per heavy atom. The van der Waals surface area contributed by atoms with E-state index in [4.69, 9.17) is 9.47 Å². The van der Waals surface area contributed by atoms with Crippen LogP contribution >= 0.6 is 0 Å². The van der Waals surface area contributed by atoms with E-state index in [2.05, 4.69) is 32.9 Å². The predicted molar refractivity (Wildman–Crippen MR) is 109 cm³/mol. The van der Waals surface area contributed by atoms with Gasteiger partial charge in [-0.05, 0) is 55.8 Å². The first-order valence-corrected chi connectivity index (χ1v) is 11.2. The lowest BCUT2D eigenvalue weighted by Gasteiger charge is -2.66. The van der Waals surface area contributed by atoms with Crippen LogP contribution in [0.15, 0.2) is 12.2 Å². The minimum Gasteiger partial charge on any atom is -0.462 e. The summed E-state index contributed by atoms with van der Waals surface area (Å²) in [7, 11) is 0. The van der Waals surface area contributed by atoms with E-state index in [0.29, 0.717) is 5.92 Å². The maximum absolute atomic E-state index is 12.0. The standard InChI is InChI=1S/C24H36O5/c1-15(26)28-19-8-10-22(4)17(23(19,5)14-25)7-11-24-13-12-21(3,9-6-18(22)24)20(24)29-16(2)27/h12-13,17-20,25H,6-11,14H2,1-5H3/t17-,18-,19+,20-,21+,22+,23+,24+/m0/s1. The van der Waals surface area contributed by atoms with E-state index in [1.54, 1.807) is 0 Å². The van der Waals surface area contributed by atoms with Crippen molar-refractivity contribution in [3.8, 4) is 0 Å². The predicted octanol–water partition coefficient (Wildman–Crippen LogP) is 4.03. The zero-order chi connectivity index (χ0) is 21.2. The lowest BCUT2D eigenvalue weighted by molar-refractivity contribution is -0.229. The van der Waals surface area contributed by atoms with Crippen LogP contribution < -0.4 is 0 Å². The normalized spacial score (nSPS) is 50.4. The minimum absolute atomic E-state index is 0.0147. The second kappa shape index (κ2) is 6.57. The fourth-order valence-electron chi connectivity index (χ4n) is 8.11. The Kier molecular flexibility index (Phi) is 4.73. The molecule has 1 spiro atoms. The van der Waals surface area contributed by atoms with Gasteiger partial charge >= 0.3 is 11.9 Å². The number of aliphatic hydroxyl groups is 1. The summed E-state index contributed by atoms with van der Waals surface area (Å²) in [5.74, 6) is 0.197. The summed E-state index contributed by atoms with van der Waals surface area (Å²) in [5.41, 5.74) is -0.629. The Morgan fingerprint density at radius 2 is 1.59 bits per heavy atom. The Balaban J connectivity index is 1.73. The molecule has 0 saturated heterocycles. The van der Waals surface area contributed by atoms with Crippen LogP contribution in [0.4, 0.5) is 0 Å². The highest BCUT2D eigenvalue weighted by atomic mass is 16.5. The van der Waals surface area contributed by atoms with Gasteiger partial charge in [0.05, 0.1) is 6.61 Å². The molecule has 3 fully saturated rings. The van der Waals surface area contributed by atoms with Gasteiger partial charge in [0.2, 0.25) is 0 Å². The number of rotatable bonds is 3. The summed E-state index contributed by atoms with van der Waals surface area (Å²) in [6.07, 6.45) is 10.1. The lowest BCUT2D eigenvalue weighted by atomic mass is 9.39. The van der Waals surface area contributed by atoms with Crippen LogP contribution in [0.3, 0.4) is 0 Å². The van der Waals surface area contributed by atoms with Crippen LogP contribution in [0.25, 0.3) is 0 Å². The molecule has 2 bridgehead atoms. The van der Waals surface area contributed by atoms with Gasteiger partial charge in [-0.15, -0.1) is 0 Å². The first-order chi connectivity index (χ1) is 13.5. The third-order valence-electron chi connectivity index (χ3n) is 9.35. The van der Waals surface area contributed by atoms with Gasteiger partial charge in [0, 0.05) is 30.1 Å². The average Bonchev–Trinajstić information content (AvgIpc) is 2.80. The van der Waals surface area contributed by atoms with Crippen molar-refractivity contribution in [1.29, 1.82) is 0 Å². The van der Waals surface area contributed by atoms with Gasteiger partial charge in [0.15, 0.2) is 0 Å². The van der Waals surface area contributed by atoms with E-state index in [0.717, 1.165) is 38.5 Å². The summed E-state index contributed by atoms with van der Waals surface area (Å²) in [5, 5.41) is 10.4. The summed E-state index contributed by atoms with van der Waals surface area (Å²) in [4.78, 5) is 23.7. The number of esters is 2. The van der Waals surface area contributed by atoms with Gasteiger partial charge < -0.3 is 14.6 Å². The third-order valence-corrected chi connectivity index (χ3v) is 9.35. The van der Waals surface area contributed by atoms with Crippen molar-refractivity contribution in [3.05, 3.63) is 12.2 Å². The molecule has 3 saturated carbocycles. The summed E-state index contributed by atoms with van der Waals surface area (Å²) in [6.45, 7) is 9.69. The molecule has 4 rings (SSSR count). The van der Waals surface area contributed by atoms with Crippen molar-refractivity contribution in [1.82, 2.24) is 0 Å². The highest BCUT2D eigenvalue weighted by Gasteiger charge is 2.69. The van der Waals surface area contributed by atoms with E-state index in [-0.39, 0.29) is 52.9 Å². The molecular weight excluding hydrogens is 368 g/mol. The highest BCUT2D eigenvalue weighted by molar-refractivity contribution is 5.67. The number of fused-ring (bicyclic) bond motifs is 3. The molecule has 0 unspecified atom stereocenters. The first kappa shape index (κ1) is 20.9. The van der Waals surface area contributed by atoms with Gasteiger partial charge in [-0.25, -0.2) is 0 Å². The maximum Gasteiger partial charge on any atom is 0.302 e. The van der Waals surface area contributed by atoms with Gasteiger partial charge in [-0.1, -0.05) is 32.9 Å². The Hall–Kier alpha value is -1.36. The van der Waals surface area contributed by atoms with Gasteiger partial charge in [-0.3, -0.25) is 9.59 Å². The van der Waals surface area contributed by atoms with E-state index in [1.807, 2.05) is 0 Å². The SMILES string of the molecule is CC(=O)O[C@@H]1[C@]23C=C[C@@]1(C)CC[C@H]2[C@]1(C)CC[C@@H](OC(C)=O)[C@](C)(CO)[C@H]1CC3. The smallest absolute Gasteiger partial charge is 0.302 e. The molecule has 29 heavy (non-hydrogen) atoms. The van der Waals surface area contributed by atoms with Crippen molar-refractivity contribution in [2.24, 2.45) is 33.5 Å². The van der Waals surface area contributed by atoms with Crippen molar-refractivity contribution < 1.29 is 24.2 Å². The molecule has 8 atom stereocenters. The highest BCUT2D eigenvalue weighted by Crippen LogP contribution is 2.72. The number of carbonyl (C=O) groups excluding carboxylic acids is 2. The van der Waals surface area contributed by atoms with E-state index in [1.165, 1.54) is 13.8 Å². The van der Waals surface area contributed by atoms with Crippen molar-refractivity contribution >= 4 is 11.9 Å². The van der Waals surface area contributed by atoms with Crippen LogP contribution in [0.2, 0.25) is 0 Å². The Labute approximate surface area is 174 Å². The third kappa shape index (κ3) is 2.75. The van der Waals surface area contributed by atoms with Crippen LogP contribution in [0, 0.1) is 33.5 Å². The molecule has 5 nitrogen and oxygen atoms in total. The molecule has 0 aliphatic heterocycles. The van der Waals surface area contributed by atoms with Crippen molar-refractivity contribution in [2.45, 2.75) is 85.4 Å². The number of ether oxygens (including phenoxy) is 2. The molecule has 0 aromatic heterocycles. The fraction of sp³-hybridized carbons (Fsp3) is 0.833. The van der Waals surface area contributed by atoms with E-state index in [9.17, 15) is 14.7 Å². The van der Waals surface area contributed by atoms with Crippen molar-refractivity contribution in [2.75, 3.05) is 6.61 Å². The lowest BCUT2D eigenvalue weighted by Crippen LogP contribution is -2.65. The zero-order valence-corrected chi connectivity index (χ0v) is 18.5. The van der Waals surface area contributed by atoms with Crippen molar-refractivity contribution in [3.63, 3.8) is 0 Å². The van der Waals surface area contributed by atoms with Gasteiger partial charge in [0.1, 0.15) is 12.2 Å². The second-order valence-electron chi connectivity index (χ2n) is 10.9. The van der Waals surface area contributed by atoms with Crippen LogP contribution in [-0.2, 0) is 19.1 Å². The van der Waals surface area contributed by atoms with E-state index < -0.39 is 5.41 Å². The van der Waals surface area contributed by atoms with Gasteiger partial charge in [-0.2, -0.15) is 0 Å². The fourth-order valence-corrected chi connectivity index (χ4v) is 8.11. The maximum atomic E-state index is 12.0. The number of carbonyl (C=O) groups is 2. The van der Waals surface area contributed by atoms with Crippen LogP contribution in [0.1, 0.15) is 73.1 Å². The molecular formula is C24H36O5. The molecule has 5 heteroatoms. The number of hydrogen-bond acceptors (Lipinski definition) is 5. The zero-order valence-electron chi connectivity index (χ0n) is 18.5. The number of hydrogen-bond donors (Lipinski definition) is 1.